The number of methoxy groups -OCH3 is 1. The van der Waals surface area contributed by atoms with Crippen LogP contribution < -0.4 is 20.2 Å². The Balaban J connectivity index is 1.58. The number of rotatable bonds is 7. The van der Waals surface area contributed by atoms with Crippen molar-refractivity contribution in [2.75, 3.05) is 27.0 Å². The maximum absolute atomic E-state index is 13.4. The number of ether oxygens (including phenoxy) is 3. The van der Waals surface area contributed by atoms with Crippen molar-refractivity contribution < 1.29 is 28.6 Å². The van der Waals surface area contributed by atoms with Crippen molar-refractivity contribution in [1.29, 1.82) is 0 Å². The molecule has 2 aromatic rings. The van der Waals surface area contributed by atoms with Crippen molar-refractivity contribution in [2.45, 2.75) is 52.6 Å². The highest BCUT2D eigenvalue weighted by atomic mass is 16.7. The maximum Gasteiger partial charge on any atom is 0.308 e. The Labute approximate surface area is 209 Å². The summed E-state index contributed by atoms with van der Waals surface area (Å²) in [6, 6.07) is 2.56. The largest absolute Gasteiger partial charge is 0.469 e. The standard InChI is InChI=1S/C26H33N3O7/c1-5-28-13-18(23(30)17-11-21-22(12-20(17)28)36-14-35-21)24(31)27-19(10-15(2)3)25(32)29-8-6-16(7-9-29)26(33)34-4/h11-13,15-16,19H,5-10,14H2,1-4H3,(H,27,31)/t19-/m1/s1. The highest BCUT2D eigenvalue weighted by molar-refractivity contribution is 6.00. The number of nitrogens with one attached hydrogen (secondary N) is 1. The summed E-state index contributed by atoms with van der Waals surface area (Å²) in [6.07, 6.45) is 2.99. The lowest BCUT2D eigenvalue weighted by atomic mass is 9.95. The highest BCUT2D eigenvalue weighted by Crippen LogP contribution is 2.35. The van der Waals surface area contributed by atoms with Crippen molar-refractivity contribution in [1.82, 2.24) is 14.8 Å². The molecular formula is C26H33N3O7. The van der Waals surface area contributed by atoms with Crippen molar-refractivity contribution in [2.24, 2.45) is 11.8 Å². The third kappa shape index (κ3) is 5.03. The summed E-state index contributed by atoms with van der Waals surface area (Å²) in [5, 5.41) is 3.18. The maximum atomic E-state index is 13.4. The average molecular weight is 500 g/mol. The highest BCUT2D eigenvalue weighted by Gasteiger charge is 2.33. The molecule has 0 aliphatic carbocycles. The molecule has 1 aromatic heterocycles. The summed E-state index contributed by atoms with van der Waals surface area (Å²) in [5.74, 6) is -0.137. The van der Waals surface area contributed by atoms with E-state index in [9.17, 15) is 19.2 Å². The quantitative estimate of drug-likeness (QED) is 0.581. The zero-order chi connectivity index (χ0) is 26.0. The molecule has 3 heterocycles. The van der Waals surface area contributed by atoms with Gasteiger partial charge in [-0.05, 0) is 38.2 Å². The number of carbonyl (C=O) groups excluding carboxylic acids is 3. The fourth-order valence-corrected chi connectivity index (χ4v) is 4.85. The molecule has 2 aliphatic heterocycles. The van der Waals surface area contributed by atoms with Crippen LogP contribution in [0.25, 0.3) is 10.9 Å². The van der Waals surface area contributed by atoms with Crippen LogP contribution in [0.2, 0.25) is 0 Å². The van der Waals surface area contributed by atoms with Gasteiger partial charge < -0.3 is 29.0 Å². The molecule has 0 unspecified atom stereocenters. The molecule has 0 radical (unpaired) electrons. The molecule has 2 amide bonds. The Morgan fingerprint density at radius 3 is 2.42 bits per heavy atom. The summed E-state index contributed by atoms with van der Waals surface area (Å²) in [5.41, 5.74) is 0.181. The van der Waals surface area contributed by atoms with E-state index in [1.807, 2.05) is 25.3 Å². The van der Waals surface area contributed by atoms with E-state index in [0.29, 0.717) is 61.3 Å². The molecule has 0 bridgehead atoms. The molecule has 10 nitrogen and oxygen atoms in total. The van der Waals surface area contributed by atoms with Gasteiger partial charge in [0.15, 0.2) is 11.5 Å². The summed E-state index contributed by atoms with van der Waals surface area (Å²) in [4.78, 5) is 53.6. The van der Waals surface area contributed by atoms with Gasteiger partial charge in [0, 0.05) is 31.9 Å². The normalized spacial score (nSPS) is 16.3. The Hall–Kier alpha value is -3.56. The van der Waals surface area contributed by atoms with E-state index in [-0.39, 0.29) is 36.1 Å². The zero-order valence-electron chi connectivity index (χ0n) is 21.2. The third-order valence-corrected chi connectivity index (χ3v) is 6.81. The lowest BCUT2D eigenvalue weighted by Crippen LogP contribution is -2.52. The van der Waals surface area contributed by atoms with Gasteiger partial charge in [0.2, 0.25) is 18.1 Å². The molecule has 36 heavy (non-hydrogen) atoms. The monoisotopic (exact) mass is 499 g/mol. The minimum absolute atomic E-state index is 0.0332. The van der Waals surface area contributed by atoms with Crippen LogP contribution in [-0.2, 0) is 20.9 Å². The molecule has 0 spiro atoms. The number of hydrogen-bond donors (Lipinski definition) is 1. The first-order chi connectivity index (χ1) is 17.2. The second-order valence-electron chi connectivity index (χ2n) is 9.66. The van der Waals surface area contributed by atoms with Gasteiger partial charge in [-0.25, -0.2) is 0 Å². The number of amides is 2. The summed E-state index contributed by atoms with van der Waals surface area (Å²) < 4.78 is 17.5. The summed E-state index contributed by atoms with van der Waals surface area (Å²) >= 11 is 0. The second kappa shape index (κ2) is 10.6. The van der Waals surface area contributed by atoms with Crippen LogP contribution in [0.3, 0.4) is 0 Å². The third-order valence-electron chi connectivity index (χ3n) is 6.81. The Kier molecular flexibility index (Phi) is 7.51. The van der Waals surface area contributed by atoms with Crippen LogP contribution in [0.5, 0.6) is 11.5 Å². The van der Waals surface area contributed by atoms with Crippen molar-refractivity contribution >= 4 is 28.7 Å². The number of piperidine rings is 1. The van der Waals surface area contributed by atoms with Gasteiger partial charge in [0.1, 0.15) is 11.6 Å². The molecule has 2 aliphatic rings. The van der Waals surface area contributed by atoms with Crippen molar-refractivity contribution in [3.05, 3.63) is 34.1 Å². The first-order valence-corrected chi connectivity index (χ1v) is 12.4. The van der Waals surface area contributed by atoms with Gasteiger partial charge in [-0.2, -0.15) is 0 Å². The van der Waals surface area contributed by atoms with Gasteiger partial charge in [0.05, 0.1) is 23.9 Å². The van der Waals surface area contributed by atoms with E-state index in [0.717, 1.165) is 0 Å². The number of aromatic nitrogens is 1. The van der Waals surface area contributed by atoms with Gasteiger partial charge in [-0.3, -0.25) is 19.2 Å². The van der Waals surface area contributed by atoms with Crippen LogP contribution in [0.15, 0.2) is 23.1 Å². The number of benzene rings is 1. The van der Waals surface area contributed by atoms with E-state index in [2.05, 4.69) is 5.32 Å². The molecule has 4 rings (SSSR count). The number of pyridine rings is 1. The molecule has 0 saturated carbocycles. The molecular weight excluding hydrogens is 466 g/mol. The van der Waals surface area contributed by atoms with Crippen LogP contribution in [0, 0.1) is 11.8 Å². The predicted molar refractivity (Wildman–Crippen MR) is 132 cm³/mol. The van der Waals surface area contributed by atoms with E-state index < -0.39 is 17.4 Å². The van der Waals surface area contributed by atoms with E-state index in [4.69, 9.17) is 14.2 Å². The van der Waals surface area contributed by atoms with Crippen LogP contribution in [0.4, 0.5) is 0 Å². The molecule has 194 valence electrons. The zero-order valence-corrected chi connectivity index (χ0v) is 21.2. The fourth-order valence-electron chi connectivity index (χ4n) is 4.85. The number of fused-ring (bicyclic) bond motifs is 2. The number of hydrogen-bond acceptors (Lipinski definition) is 7. The van der Waals surface area contributed by atoms with Gasteiger partial charge in [0.25, 0.3) is 5.91 Å². The van der Waals surface area contributed by atoms with Crippen molar-refractivity contribution in [3.63, 3.8) is 0 Å². The molecule has 1 fully saturated rings. The molecule has 1 N–H and O–H groups in total. The van der Waals surface area contributed by atoms with Crippen LogP contribution >= 0.6 is 0 Å². The molecule has 10 heteroatoms. The lowest BCUT2D eigenvalue weighted by molar-refractivity contribution is -0.149. The van der Waals surface area contributed by atoms with Crippen molar-refractivity contribution in [3.8, 4) is 11.5 Å². The Bertz CT molecular complexity index is 1230. The van der Waals surface area contributed by atoms with E-state index in [1.54, 1.807) is 17.0 Å². The first-order valence-electron chi connectivity index (χ1n) is 12.4. The number of carbonyl (C=O) groups is 3. The molecule has 1 atom stereocenters. The minimum Gasteiger partial charge on any atom is -0.469 e. The van der Waals surface area contributed by atoms with Gasteiger partial charge >= 0.3 is 5.97 Å². The molecule has 1 saturated heterocycles. The lowest BCUT2D eigenvalue weighted by Gasteiger charge is -2.34. The average Bonchev–Trinajstić information content (AvgIpc) is 3.34. The van der Waals surface area contributed by atoms with E-state index in [1.165, 1.54) is 13.3 Å². The van der Waals surface area contributed by atoms with Crippen LogP contribution in [-0.4, -0.2) is 60.3 Å². The van der Waals surface area contributed by atoms with Crippen LogP contribution in [0.1, 0.15) is 50.4 Å². The minimum atomic E-state index is -0.783. The Morgan fingerprint density at radius 2 is 1.81 bits per heavy atom. The van der Waals surface area contributed by atoms with Gasteiger partial charge in [-0.1, -0.05) is 13.8 Å². The number of likely N-dealkylation sites (tertiary alicyclic amines) is 1. The number of aryl methyl sites for hydroxylation is 1. The number of esters is 1. The summed E-state index contributed by atoms with van der Waals surface area (Å²) in [6.45, 7) is 7.29. The summed E-state index contributed by atoms with van der Waals surface area (Å²) in [7, 11) is 1.36. The Morgan fingerprint density at radius 1 is 1.14 bits per heavy atom. The smallest absolute Gasteiger partial charge is 0.308 e. The second-order valence-corrected chi connectivity index (χ2v) is 9.66. The topological polar surface area (TPSA) is 116 Å². The predicted octanol–water partition coefficient (Wildman–Crippen LogP) is 2.31. The van der Waals surface area contributed by atoms with Gasteiger partial charge in [-0.15, -0.1) is 0 Å². The SMILES string of the molecule is CCn1cc(C(=O)N[C@H](CC(C)C)C(=O)N2CCC(C(=O)OC)CC2)c(=O)c2cc3c(cc21)OCO3. The molecule has 1 aromatic carbocycles. The first kappa shape index (κ1) is 25.5. The fraction of sp³-hybridized carbons (Fsp3) is 0.538. The van der Waals surface area contributed by atoms with E-state index >= 15 is 0 Å². The number of nitrogens with zero attached hydrogens (tertiary/aromatic N) is 2.